The van der Waals surface area contributed by atoms with Gasteiger partial charge < -0.3 is 10.0 Å². The van der Waals surface area contributed by atoms with Gasteiger partial charge in [0.15, 0.2) is 0 Å². The third-order valence-electron chi connectivity index (χ3n) is 9.35. The maximum Gasteiger partial charge on any atom is 0.264 e. The van der Waals surface area contributed by atoms with Crippen LogP contribution in [0.5, 0.6) is 0 Å². The van der Waals surface area contributed by atoms with E-state index in [1.54, 1.807) is 16.4 Å². The van der Waals surface area contributed by atoms with Crippen LogP contribution in [0.4, 0.5) is 5.69 Å². The van der Waals surface area contributed by atoms with Gasteiger partial charge in [-0.2, -0.15) is 0 Å². The Labute approximate surface area is 210 Å². The number of nitrogens with zero attached hydrogens (tertiary/aromatic N) is 2. The Morgan fingerprint density at radius 3 is 2.23 bits per heavy atom. The number of rotatable bonds is 8. The van der Waals surface area contributed by atoms with Crippen LogP contribution in [0, 0.1) is 23.2 Å². The van der Waals surface area contributed by atoms with Crippen molar-refractivity contribution in [1.29, 1.82) is 0 Å². The lowest BCUT2D eigenvalue weighted by Gasteiger charge is -2.58. The second-order valence-corrected chi connectivity index (χ2v) is 13.7. The fourth-order valence-corrected chi connectivity index (χ4v) is 9.86. The van der Waals surface area contributed by atoms with Crippen LogP contribution >= 0.6 is 0 Å². The molecule has 4 bridgehead atoms. The molecule has 7 rings (SSSR count). The zero-order valence-electron chi connectivity index (χ0n) is 20.8. The van der Waals surface area contributed by atoms with Gasteiger partial charge in [-0.25, -0.2) is 8.42 Å². The van der Waals surface area contributed by atoms with E-state index in [1.165, 1.54) is 38.5 Å². The van der Waals surface area contributed by atoms with Crippen molar-refractivity contribution >= 4 is 15.7 Å². The van der Waals surface area contributed by atoms with Crippen LogP contribution < -0.4 is 4.31 Å². The molecule has 0 unspecified atom stereocenters. The van der Waals surface area contributed by atoms with Crippen LogP contribution in [0.15, 0.2) is 53.4 Å². The Morgan fingerprint density at radius 1 is 0.943 bits per heavy atom. The van der Waals surface area contributed by atoms with Gasteiger partial charge in [0, 0.05) is 24.2 Å². The molecular formula is C29H38N2O3S. The first-order valence-electron chi connectivity index (χ1n) is 13.4. The highest BCUT2D eigenvalue weighted by atomic mass is 32.2. The number of para-hydroxylation sites is 1. The van der Waals surface area contributed by atoms with Crippen molar-refractivity contribution in [3.8, 4) is 11.1 Å². The molecule has 6 heteroatoms. The maximum atomic E-state index is 13.4. The lowest BCUT2D eigenvalue weighted by Crippen LogP contribution is -2.54. The minimum atomic E-state index is -3.56. The molecule has 5 aliphatic rings. The third kappa shape index (κ3) is 4.11. The summed E-state index contributed by atoms with van der Waals surface area (Å²) in [6.07, 6.45) is 9.31. The molecule has 188 valence electrons. The minimum absolute atomic E-state index is 0.155. The average Bonchev–Trinajstić information content (AvgIpc) is 2.82. The third-order valence-corrected chi connectivity index (χ3v) is 11.2. The number of fused-ring (bicyclic) bond motifs is 3. The molecule has 5 nitrogen and oxygen atoms in total. The second kappa shape index (κ2) is 8.89. The van der Waals surface area contributed by atoms with Gasteiger partial charge in [0.05, 0.1) is 16.7 Å². The molecule has 4 aliphatic carbocycles. The number of anilines is 1. The maximum absolute atomic E-state index is 13.4. The normalized spacial score (nSPS) is 30.8. The molecule has 4 saturated carbocycles. The van der Waals surface area contributed by atoms with E-state index in [0.717, 1.165) is 60.5 Å². The number of likely N-dealkylation sites (N-methyl/N-ethyl adjacent to an activating group) is 1. The van der Waals surface area contributed by atoms with Gasteiger partial charge >= 0.3 is 0 Å². The molecule has 2 aromatic carbocycles. The van der Waals surface area contributed by atoms with Gasteiger partial charge in [-0.05, 0) is 100 Å². The summed E-state index contributed by atoms with van der Waals surface area (Å²) in [6, 6.07) is 15.1. The predicted molar refractivity (Wildman–Crippen MR) is 140 cm³/mol. The predicted octanol–water partition coefficient (Wildman–Crippen LogP) is 5.15. The summed E-state index contributed by atoms with van der Waals surface area (Å²) in [5.74, 6) is 2.54. The van der Waals surface area contributed by atoms with E-state index in [9.17, 15) is 13.5 Å². The van der Waals surface area contributed by atoms with E-state index in [2.05, 4.69) is 11.9 Å². The second-order valence-electron chi connectivity index (χ2n) is 11.9. The molecule has 0 aromatic heterocycles. The van der Waals surface area contributed by atoms with Crippen molar-refractivity contribution in [3.05, 3.63) is 48.5 Å². The Kier molecular flexibility index (Phi) is 5.97. The van der Waals surface area contributed by atoms with Crippen LogP contribution in [0.3, 0.4) is 0 Å². The largest absolute Gasteiger partial charge is 0.391 e. The molecule has 0 radical (unpaired) electrons. The van der Waals surface area contributed by atoms with E-state index in [-0.39, 0.29) is 11.5 Å². The molecule has 1 atom stereocenters. The van der Waals surface area contributed by atoms with Crippen LogP contribution in [0.25, 0.3) is 11.1 Å². The molecule has 2 aromatic rings. The van der Waals surface area contributed by atoms with Crippen LogP contribution in [0.1, 0.15) is 51.4 Å². The Hall–Kier alpha value is -1.89. The van der Waals surface area contributed by atoms with Crippen LogP contribution in [-0.2, 0) is 10.0 Å². The van der Waals surface area contributed by atoms with Crippen LogP contribution in [0.2, 0.25) is 0 Å². The van der Waals surface area contributed by atoms with Crippen molar-refractivity contribution in [1.82, 2.24) is 4.90 Å². The van der Waals surface area contributed by atoms with E-state index in [0.29, 0.717) is 11.4 Å². The topological polar surface area (TPSA) is 60.9 Å². The van der Waals surface area contributed by atoms with Gasteiger partial charge in [0.25, 0.3) is 10.0 Å². The van der Waals surface area contributed by atoms with Crippen LogP contribution in [-0.4, -0.2) is 51.2 Å². The monoisotopic (exact) mass is 494 g/mol. The molecule has 1 heterocycles. The molecule has 1 N–H and O–H groups in total. The summed E-state index contributed by atoms with van der Waals surface area (Å²) in [5, 5.41) is 11.3. The standard InChI is InChI=1S/C29H38N2O3S/c1-30(20-28(32)29-17-21-14-22(18-29)16-23(15-21)19-29)12-6-7-13-31-26-10-4-2-8-24(26)25-9-3-5-11-27(25)35(31,33)34/h2-5,8-11,21-23,28,32H,6-7,12-20H2,1H3/t21?,22?,23?,28-,29?/m0/s1. The molecule has 35 heavy (non-hydrogen) atoms. The highest BCUT2D eigenvalue weighted by molar-refractivity contribution is 7.93. The van der Waals surface area contributed by atoms with Gasteiger partial charge in [0.2, 0.25) is 0 Å². The first-order valence-corrected chi connectivity index (χ1v) is 14.9. The number of aliphatic hydroxyl groups excluding tert-OH is 1. The Morgan fingerprint density at radius 2 is 1.54 bits per heavy atom. The van der Waals surface area contributed by atoms with Crippen molar-refractivity contribution in [3.63, 3.8) is 0 Å². The number of benzene rings is 2. The van der Waals surface area contributed by atoms with Gasteiger partial charge in [0.1, 0.15) is 0 Å². The van der Waals surface area contributed by atoms with Crippen molar-refractivity contribution in [2.45, 2.75) is 62.4 Å². The van der Waals surface area contributed by atoms with Gasteiger partial charge in [-0.1, -0.05) is 36.4 Å². The average molecular weight is 495 g/mol. The first kappa shape index (κ1) is 23.5. The fraction of sp³-hybridized carbons (Fsp3) is 0.586. The van der Waals surface area contributed by atoms with Crippen molar-refractivity contribution in [2.24, 2.45) is 23.2 Å². The molecule has 0 saturated heterocycles. The van der Waals surface area contributed by atoms with E-state index in [1.807, 2.05) is 36.4 Å². The van der Waals surface area contributed by atoms with E-state index >= 15 is 0 Å². The lowest BCUT2D eigenvalue weighted by molar-refractivity contribution is -0.125. The summed E-state index contributed by atoms with van der Waals surface area (Å²) in [4.78, 5) is 2.66. The number of unbranched alkanes of at least 4 members (excludes halogenated alkanes) is 1. The number of hydrogen-bond acceptors (Lipinski definition) is 4. The highest BCUT2D eigenvalue weighted by Gasteiger charge is 2.54. The number of hydrogen-bond donors (Lipinski definition) is 1. The fourth-order valence-electron chi connectivity index (χ4n) is 8.12. The number of aliphatic hydroxyl groups is 1. The first-order chi connectivity index (χ1) is 16.9. The summed E-state index contributed by atoms with van der Waals surface area (Å²) >= 11 is 0. The van der Waals surface area contributed by atoms with Crippen molar-refractivity contribution in [2.75, 3.05) is 31.0 Å². The molecule has 0 spiro atoms. The molecule has 0 amide bonds. The van der Waals surface area contributed by atoms with Gasteiger partial charge in [-0.15, -0.1) is 0 Å². The lowest BCUT2D eigenvalue weighted by atomic mass is 9.48. The van der Waals surface area contributed by atoms with Crippen molar-refractivity contribution < 1.29 is 13.5 Å². The summed E-state index contributed by atoms with van der Waals surface area (Å²) < 4.78 is 28.4. The van der Waals surface area contributed by atoms with E-state index in [4.69, 9.17) is 0 Å². The SMILES string of the molecule is CN(CCCCN1c2ccccc2-c2ccccc2S1(=O)=O)C[C@H](O)C12CC3CC(CC(C3)C1)C2. The highest BCUT2D eigenvalue weighted by Crippen LogP contribution is 2.61. The minimum Gasteiger partial charge on any atom is -0.391 e. The molecule has 4 fully saturated rings. The summed E-state index contributed by atoms with van der Waals surface area (Å²) in [7, 11) is -1.46. The van der Waals surface area contributed by atoms with E-state index < -0.39 is 10.0 Å². The summed E-state index contributed by atoms with van der Waals surface area (Å²) in [5.41, 5.74) is 2.70. The number of sulfonamides is 1. The molecule has 1 aliphatic heterocycles. The smallest absolute Gasteiger partial charge is 0.264 e. The Balaban J connectivity index is 1.06. The zero-order chi connectivity index (χ0) is 24.2. The Bertz CT molecular complexity index is 1160. The zero-order valence-corrected chi connectivity index (χ0v) is 21.6. The van der Waals surface area contributed by atoms with Gasteiger partial charge in [-0.3, -0.25) is 4.31 Å². The molecular weight excluding hydrogens is 456 g/mol. The summed E-state index contributed by atoms with van der Waals surface area (Å²) in [6.45, 7) is 2.07. The quantitative estimate of drug-likeness (QED) is 0.516.